The molecule has 0 heterocycles. The second-order valence-corrected chi connectivity index (χ2v) is 6.32. The van der Waals surface area contributed by atoms with E-state index in [-0.39, 0.29) is 11.9 Å². The molecule has 110 valence electrons. The van der Waals surface area contributed by atoms with Crippen LogP contribution in [0.15, 0.2) is 53.4 Å². The van der Waals surface area contributed by atoms with E-state index < -0.39 is 0 Å². The molecule has 2 aromatic carbocycles. The van der Waals surface area contributed by atoms with Crippen molar-refractivity contribution in [3.63, 3.8) is 0 Å². The number of hydrogen-bond donors (Lipinski definition) is 0. The van der Waals surface area contributed by atoms with Crippen molar-refractivity contribution in [2.75, 3.05) is 5.75 Å². The molecule has 0 amide bonds. The van der Waals surface area contributed by atoms with Gasteiger partial charge in [0.2, 0.25) is 0 Å². The lowest BCUT2D eigenvalue weighted by atomic mass is 10.1. The van der Waals surface area contributed by atoms with E-state index in [9.17, 15) is 4.79 Å². The first-order valence-corrected chi connectivity index (χ1v) is 8.10. The fourth-order valence-electron chi connectivity index (χ4n) is 1.84. The van der Waals surface area contributed by atoms with Crippen molar-refractivity contribution in [2.45, 2.75) is 24.8 Å². The summed E-state index contributed by atoms with van der Waals surface area (Å²) in [6.45, 7) is 3.89. The van der Waals surface area contributed by atoms with Gasteiger partial charge in [-0.2, -0.15) is 0 Å². The van der Waals surface area contributed by atoms with Crippen molar-refractivity contribution in [2.24, 2.45) is 0 Å². The van der Waals surface area contributed by atoms with Crippen molar-refractivity contribution in [3.05, 3.63) is 59.1 Å². The maximum atomic E-state index is 12.4. The molecule has 2 aromatic rings. The monoisotopic (exact) mass is 320 g/mol. The van der Waals surface area contributed by atoms with Crippen LogP contribution in [-0.4, -0.2) is 17.6 Å². The van der Waals surface area contributed by atoms with E-state index in [1.54, 1.807) is 6.07 Å². The van der Waals surface area contributed by atoms with Crippen LogP contribution in [0.3, 0.4) is 0 Å². The van der Waals surface area contributed by atoms with Gasteiger partial charge < -0.3 is 4.74 Å². The SMILES string of the molecule is CC(C)Oc1ccccc1C(=O)CSc1cccc(Cl)c1. The van der Waals surface area contributed by atoms with Gasteiger partial charge in [-0.1, -0.05) is 29.8 Å². The van der Waals surface area contributed by atoms with Gasteiger partial charge in [0.1, 0.15) is 5.75 Å². The summed E-state index contributed by atoms with van der Waals surface area (Å²) < 4.78 is 5.69. The minimum Gasteiger partial charge on any atom is -0.490 e. The van der Waals surface area contributed by atoms with E-state index in [0.29, 0.717) is 22.1 Å². The number of rotatable bonds is 6. The Labute approximate surface area is 134 Å². The summed E-state index contributed by atoms with van der Waals surface area (Å²) in [6.07, 6.45) is 0.0412. The molecule has 0 atom stereocenters. The summed E-state index contributed by atoms with van der Waals surface area (Å²) in [5, 5.41) is 0.677. The van der Waals surface area contributed by atoms with Crippen LogP contribution in [0.2, 0.25) is 5.02 Å². The number of benzene rings is 2. The normalized spacial score (nSPS) is 10.7. The molecule has 21 heavy (non-hydrogen) atoms. The van der Waals surface area contributed by atoms with Gasteiger partial charge in [-0.05, 0) is 44.2 Å². The van der Waals surface area contributed by atoms with Gasteiger partial charge >= 0.3 is 0 Å². The number of hydrogen-bond acceptors (Lipinski definition) is 3. The molecule has 0 bridgehead atoms. The van der Waals surface area contributed by atoms with E-state index in [1.807, 2.05) is 56.3 Å². The van der Waals surface area contributed by atoms with Gasteiger partial charge in [-0.15, -0.1) is 11.8 Å². The molecule has 0 saturated carbocycles. The Hall–Kier alpha value is -1.45. The van der Waals surface area contributed by atoms with Gasteiger partial charge in [-0.3, -0.25) is 4.79 Å². The molecule has 0 unspecified atom stereocenters. The van der Waals surface area contributed by atoms with E-state index >= 15 is 0 Å². The average molecular weight is 321 g/mol. The second-order valence-electron chi connectivity index (χ2n) is 4.83. The predicted molar refractivity (Wildman–Crippen MR) is 88.7 cm³/mol. The number of halogens is 1. The van der Waals surface area contributed by atoms with Gasteiger partial charge in [0.15, 0.2) is 5.78 Å². The number of carbonyl (C=O) groups excluding carboxylic acids is 1. The Bertz CT molecular complexity index is 626. The van der Waals surface area contributed by atoms with Gasteiger partial charge in [-0.25, -0.2) is 0 Å². The molecule has 0 spiro atoms. The van der Waals surface area contributed by atoms with Gasteiger partial charge in [0.05, 0.1) is 17.4 Å². The number of ketones is 1. The average Bonchev–Trinajstić information content (AvgIpc) is 2.45. The summed E-state index contributed by atoms with van der Waals surface area (Å²) in [4.78, 5) is 13.4. The fourth-order valence-corrected chi connectivity index (χ4v) is 2.93. The molecule has 4 heteroatoms. The molecule has 0 N–H and O–H groups in total. The zero-order valence-electron chi connectivity index (χ0n) is 12.0. The second kappa shape index (κ2) is 7.53. The molecule has 0 fully saturated rings. The van der Waals surface area contributed by atoms with Crippen LogP contribution >= 0.6 is 23.4 Å². The first-order valence-electron chi connectivity index (χ1n) is 6.73. The van der Waals surface area contributed by atoms with E-state index in [0.717, 1.165) is 4.90 Å². The molecule has 2 rings (SSSR count). The lowest BCUT2D eigenvalue weighted by Gasteiger charge is -2.13. The quantitative estimate of drug-likeness (QED) is 0.547. The van der Waals surface area contributed by atoms with Crippen molar-refractivity contribution in [3.8, 4) is 5.75 Å². The van der Waals surface area contributed by atoms with Crippen LogP contribution in [0.5, 0.6) is 5.75 Å². The third kappa shape index (κ3) is 4.80. The zero-order chi connectivity index (χ0) is 15.2. The summed E-state index contributed by atoms with van der Waals surface area (Å²) in [5.41, 5.74) is 0.626. The highest BCUT2D eigenvalue weighted by molar-refractivity contribution is 8.00. The fraction of sp³-hybridized carbons (Fsp3) is 0.235. The van der Waals surface area contributed by atoms with Crippen LogP contribution in [-0.2, 0) is 0 Å². The Morgan fingerprint density at radius 2 is 1.95 bits per heavy atom. The van der Waals surface area contributed by atoms with Crippen LogP contribution in [0.25, 0.3) is 0 Å². The van der Waals surface area contributed by atoms with Crippen LogP contribution in [0, 0.1) is 0 Å². The predicted octanol–water partition coefficient (Wildman–Crippen LogP) is 5.10. The lowest BCUT2D eigenvalue weighted by molar-refractivity contribution is 0.101. The Balaban J connectivity index is 2.07. The zero-order valence-corrected chi connectivity index (χ0v) is 13.6. The first kappa shape index (κ1) is 15.9. The van der Waals surface area contributed by atoms with Crippen LogP contribution in [0.4, 0.5) is 0 Å². The third-order valence-corrected chi connectivity index (χ3v) is 3.95. The maximum Gasteiger partial charge on any atom is 0.176 e. The summed E-state index contributed by atoms with van der Waals surface area (Å²) in [7, 11) is 0. The van der Waals surface area contributed by atoms with Crippen molar-refractivity contribution >= 4 is 29.1 Å². The first-order chi connectivity index (χ1) is 10.1. The molecule has 0 aliphatic heterocycles. The molecule has 0 radical (unpaired) electrons. The smallest absolute Gasteiger partial charge is 0.176 e. The minimum atomic E-state index is 0.0412. The minimum absolute atomic E-state index is 0.0412. The number of ether oxygens (including phenoxy) is 1. The lowest BCUT2D eigenvalue weighted by Crippen LogP contribution is -2.11. The molecule has 0 aliphatic carbocycles. The van der Waals surface area contributed by atoms with Crippen molar-refractivity contribution < 1.29 is 9.53 Å². The Morgan fingerprint density at radius 1 is 1.19 bits per heavy atom. The Morgan fingerprint density at radius 3 is 2.67 bits per heavy atom. The molecular weight excluding hydrogens is 304 g/mol. The van der Waals surface area contributed by atoms with E-state index in [2.05, 4.69) is 0 Å². The topological polar surface area (TPSA) is 26.3 Å². The van der Waals surface area contributed by atoms with Crippen molar-refractivity contribution in [1.82, 2.24) is 0 Å². The largest absolute Gasteiger partial charge is 0.490 e. The molecule has 0 saturated heterocycles. The van der Waals surface area contributed by atoms with E-state index in [1.165, 1.54) is 11.8 Å². The molecule has 0 aromatic heterocycles. The number of carbonyl (C=O) groups is 1. The van der Waals surface area contributed by atoms with Gasteiger partial charge in [0.25, 0.3) is 0 Å². The highest BCUT2D eigenvalue weighted by Crippen LogP contribution is 2.25. The van der Waals surface area contributed by atoms with Crippen LogP contribution < -0.4 is 4.74 Å². The van der Waals surface area contributed by atoms with Crippen molar-refractivity contribution in [1.29, 1.82) is 0 Å². The molecule has 2 nitrogen and oxygen atoms in total. The molecular formula is C17H17ClO2S. The maximum absolute atomic E-state index is 12.4. The summed E-state index contributed by atoms with van der Waals surface area (Å²) in [5.74, 6) is 1.05. The van der Waals surface area contributed by atoms with Gasteiger partial charge in [0, 0.05) is 9.92 Å². The number of para-hydroxylation sites is 1. The summed E-state index contributed by atoms with van der Waals surface area (Å²) >= 11 is 7.42. The third-order valence-electron chi connectivity index (χ3n) is 2.72. The van der Waals surface area contributed by atoms with Crippen LogP contribution in [0.1, 0.15) is 24.2 Å². The summed E-state index contributed by atoms with van der Waals surface area (Å²) in [6, 6.07) is 14.9. The molecule has 0 aliphatic rings. The Kier molecular flexibility index (Phi) is 5.71. The number of thioether (sulfide) groups is 1. The standard InChI is InChI=1S/C17H17ClO2S/c1-12(2)20-17-9-4-3-8-15(17)16(19)11-21-14-7-5-6-13(18)10-14/h3-10,12H,11H2,1-2H3. The highest BCUT2D eigenvalue weighted by Gasteiger charge is 2.13. The highest BCUT2D eigenvalue weighted by atomic mass is 35.5. The number of Topliss-reactive ketones (excluding diaryl/α,β-unsaturated/α-hetero) is 1. The van der Waals surface area contributed by atoms with E-state index in [4.69, 9.17) is 16.3 Å².